The first-order valence-corrected chi connectivity index (χ1v) is 8.12. The molecule has 0 bridgehead atoms. The van der Waals surface area contributed by atoms with Crippen LogP contribution in [0, 0.1) is 0 Å². The fraction of sp³-hybridized carbons (Fsp3) is 0.211. The molecule has 0 aromatic heterocycles. The minimum atomic E-state index is -0.492. The molecule has 0 saturated heterocycles. The van der Waals surface area contributed by atoms with Crippen LogP contribution in [-0.4, -0.2) is 24.7 Å². The first kappa shape index (κ1) is 19.0. The van der Waals surface area contributed by atoms with E-state index in [0.29, 0.717) is 30.1 Å². The molecule has 0 aliphatic carbocycles. The largest absolute Gasteiger partial charge is 0.487 e. The number of esters is 1. The molecular weight excluding hydrogens is 334 g/mol. The Morgan fingerprint density at radius 2 is 1.96 bits per heavy atom. The molecule has 0 aliphatic heterocycles. The SMILES string of the molecule is CCOC(=O)/C(C)=N\Nc1ccc(OCc2ccccc2)c(NC=O)c1. The first-order valence-electron chi connectivity index (χ1n) is 8.12. The number of hydrogen-bond donors (Lipinski definition) is 2. The molecule has 0 saturated carbocycles. The molecule has 2 aromatic rings. The highest BCUT2D eigenvalue weighted by atomic mass is 16.5. The van der Waals surface area contributed by atoms with Gasteiger partial charge in [0.15, 0.2) is 0 Å². The smallest absolute Gasteiger partial charge is 0.354 e. The molecule has 0 aliphatic rings. The van der Waals surface area contributed by atoms with Crippen molar-refractivity contribution in [1.82, 2.24) is 0 Å². The maximum absolute atomic E-state index is 11.5. The maximum Gasteiger partial charge on any atom is 0.354 e. The van der Waals surface area contributed by atoms with Gasteiger partial charge in [0.25, 0.3) is 0 Å². The van der Waals surface area contributed by atoms with Crippen molar-refractivity contribution in [3.63, 3.8) is 0 Å². The lowest BCUT2D eigenvalue weighted by atomic mass is 10.2. The highest BCUT2D eigenvalue weighted by molar-refractivity contribution is 6.35. The van der Waals surface area contributed by atoms with E-state index in [4.69, 9.17) is 9.47 Å². The fourth-order valence-electron chi connectivity index (χ4n) is 2.07. The lowest BCUT2D eigenvalue weighted by molar-refractivity contribution is -0.135. The van der Waals surface area contributed by atoms with Crippen LogP contribution >= 0.6 is 0 Å². The molecule has 136 valence electrons. The van der Waals surface area contributed by atoms with Crippen molar-refractivity contribution in [2.75, 3.05) is 17.3 Å². The standard InChI is InChI=1S/C19H21N3O4/c1-3-25-19(24)14(2)21-22-16-9-10-18(17(11-16)20-13-23)26-12-15-7-5-4-6-8-15/h4-11,13,22H,3,12H2,1-2H3,(H,20,23)/b21-14-. The Bertz CT molecular complexity index is 776. The van der Waals surface area contributed by atoms with Gasteiger partial charge in [0.1, 0.15) is 18.1 Å². The third-order valence-electron chi connectivity index (χ3n) is 3.35. The van der Waals surface area contributed by atoms with Gasteiger partial charge in [-0.15, -0.1) is 0 Å². The van der Waals surface area contributed by atoms with E-state index in [1.165, 1.54) is 0 Å². The normalized spacial score (nSPS) is 10.8. The van der Waals surface area contributed by atoms with Crippen LogP contribution in [0.1, 0.15) is 19.4 Å². The molecule has 0 atom stereocenters. The van der Waals surface area contributed by atoms with Gasteiger partial charge in [0.2, 0.25) is 6.41 Å². The number of carbonyl (C=O) groups is 2. The first-order chi connectivity index (χ1) is 12.6. The second kappa shape index (κ2) is 9.83. The van der Waals surface area contributed by atoms with E-state index < -0.39 is 5.97 Å². The topological polar surface area (TPSA) is 89.0 Å². The lowest BCUT2D eigenvalue weighted by Crippen LogP contribution is -2.15. The summed E-state index contributed by atoms with van der Waals surface area (Å²) >= 11 is 0. The number of carbonyl (C=O) groups excluding carboxylic acids is 2. The van der Waals surface area contributed by atoms with Crippen molar-refractivity contribution >= 4 is 29.5 Å². The average Bonchev–Trinajstić information content (AvgIpc) is 2.66. The predicted molar refractivity (Wildman–Crippen MR) is 100 cm³/mol. The fourth-order valence-corrected chi connectivity index (χ4v) is 2.07. The van der Waals surface area contributed by atoms with Crippen LogP contribution in [0.4, 0.5) is 11.4 Å². The van der Waals surface area contributed by atoms with Crippen LogP contribution < -0.4 is 15.5 Å². The van der Waals surface area contributed by atoms with E-state index in [2.05, 4.69) is 15.8 Å². The van der Waals surface area contributed by atoms with Crippen LogP contribution in [0.25, 0.3) is 0 Å². The second-order valence-corrected chi connectivity index (χ2v) is 5.28. The Kier molecular flexibility index (Phi) is 7.17. The monoisotopic (exact) mass is 355 g/mol. The van der Waals surface area contributed by atoms with Gasteiger partial charge in [-0.2, -0.15) is 5.10 Å². The van der Waals surface area contributed by atoms with Gasteiger partial charge in [-0.3, -0.25) is 10.2 Å². The molecule has 0 radical (unpaired) electrons. The summed E-state index contributed by atoms with van der Waals surface area (Å²) < 4.78 is 10.6. The van der Waals surface area contributed by atoms with Gasteiger partial charge in [-0.05, 0) is 37.6 Å². The molecule has 0 unspecified atom stereocenters. The zero-order valence-corrected chi connectivity index (χ0v) is 14.7. The number of amides is 1. The molecule has 0 heterocycles. The van der Waals surface area contributed by atoms with Gasteiger partial charge < -0.3 is 14.8 Å². The van der Waals surface area contributed by atoms with E-state index >= 15 is 0 Å². The summed E-state index contributed by atoms with van der Waals surface area (Å²) in [5.41, 5.74) is 5.05. The van der Waals surface area contributed by atoms with Crippen LogP contribution in [0.15, 0.2) is 53.6 Å². The van der Waals surface area contributed by atoms with Gasteiger partial charge in [0.05, 0.1) is 18.0 Å². The molecule has 0 spiro atoms. The molecule has 7 nitrogen and oxygen atoms in total. The molecule has 7 heteroatoms. The number of nitrogens with one attached hydrogen (secondary N) is 2. The number of hydrogen-bond acceptors (Lipinski definition) is 6. The molecule has 2 N–H and O–H groups in total. The average molecular weight is 355 g/mol. The van der Waals surface area contributed by atoms with Crippen molar-refractivity contribution in [2.45, 2.75) is 20.5 Å². The third-order valence-corrected chi connectivity index (χ3v) is 3.35. The van der Waals surface area contributed by atoms with Crippen LogP contribution in [-0.2, 0) is 20.9 Å². The summed E-state index contributed by atoms with van der Waals surface area (Å²) in [7, 11) is 0. The van der Waals surface area contributed by atoms with E-state index in [0.717, 1.165) is 5.56 Å². The van der Waals surface area contributed by atoms with Crippen molar-refractivity contribution in [1.29, 1.82) is 0 Å². The van der Waals surface area contributed by atoms with Crippen LogP contribution in [0.3, 0.4) is 0 Å². The van der Waals surface area contributed by atoms with E-state index in [1.54, 1.807) is 32.0 Å². The molecule has 26 heavy (non-hydrogen) atoms. The van der Waals surface area contributed by atoms with E-state index in [9.17, 15) is 9.59 Å². The van der Waals surface area contributed by atoms with Crippen molar-refractivity contribution in [3.8, 4) is 5.75 Å². The number of anilines is 2. The Hall–Kier alpha value is -3.35. The number of nitrogens with zero attached hydrogens (tertiary/aromatic N) is 1. The zero-order chi connectivity index (χ0) is 18.8. The van der Waals surface area contributed by atoms with Crippen molar-refractivity contribution < 1.29 is 19.1 Å². The highest BCUT2D eigenvalue weighted by Crippen LogP contribution is 2.28. The number of rotatable bonds is 9. The Morgan fingerprint density at radius 3 is 2.65 bits per heavy atom. The molecule has 0 fully saturated rings. The Balaban J connectivity index is 2.08. The summed E-state index contributed by atoms with van der Waals surface area (Å²) in [5, 5.41) is 6.57. The summed E-state index contributed by atoms with van der Waals surface area (Å²) in [6, 6.07) is 14.8. The van der Waals surface area contributed by atoms with Crippen molar-refractivity contribution in [2.24, 2.45) is 5.10 Å². The molecule has 1 amide bonds. The molecule has 2 rings (SSSR count). The second-order valence-electron chi connectivity index (χ2n) is 5.28. The maximum atomic E-state index is 11.5. The van der Waals surface area contributed by atoms with E-state index in [1.807, 2.05) is 30.3 Å². The third kappa shape index (κ3) is 5.62. The van der Waals surface area contributed by atoms with Crippen LogP contribution in [0.5, 0.6) is 5.75 Å². The van der Waals surface area contributed by atoms with Gasteiger partial charge in [0, 0.05) is 0 Å². The highest BCUT2D eigenvalue weighted by Gasteiger charge is 2.08. The number of hydrazone groups is 1. The quantitative estimate of drug-likeness (QED) is 0.312. The number of benzene rings is 2. The summed E-state index contributed by atoms with van der Waals surface area (Å²) in [5.74, 6) is 0.0339. The van der Waals surface area contributed by atoms with E-state index in [-0.39, 0.29) is 12.3 Å². The van der Waals surface area contributed by atoms with Gasteiger partial charge in [-0.25, -0.2) is 4.79 Å². The predicted octanol–water partition coefficient (Wildman–Crippen LogP) is 3.18. The minimum Gasteiger partial charge on any atom is -0.487 e. The molecular formula is C19H21N3O4. The summed E-state index contributed by atoms with van der Waals surface area (Å²) in [6.07, 6.45) is 0.571. The summed E-state index contributed by atoms with van der Waals surface area (Å²) in [4.78, 5) is 22.4. The Labute approximate surface area is 152 Å². The number of ether oxygens (including phenoxy) is 2. The van der Waals surface area contributed by atoms with Crippen molar-refractivity contribution in [3.05, 3.63) is 54.1 Å². The van der Waals surface area contributed by atoms with Gasteiger partial charge in [-0.1, -0.05) is 30.3 Å². The van der Waals surface area contributed by atoms with Gasteiger partial charge >= 0.3 is 5.97 Å². The molecule has 2 aromatic carbocycles. The Morgan fingerprint density at radius 1 is 1.19 bits per heavy atom. The summed E-state index contributed by atoms with van der Waals surface area (Å²) in [6.45, 7) is 3.94. The lowest BCUT2D eigenvalue weighted by Gasteiger charge is -2.12. The minimum absolute atomic E-state index is 0.196. The van der Waals surface area contributed by atoms with Crippen LogP contribution in [0.2, 0.25) is 0 Å². The zero-order valence-electron chi connectivity index (χ0n) is 14.7.